The lowest BCUT2D eigenvalue weighted by Crippen LogP contribution is -2.21. The van der Waals surface area contributed by atoms with E-state index in [9.17, 15) is 4.79 Å². The van der Waals surface area contributed by atoms with Crippen LogP contribution in [0.25, 0.3) is 0 Å². The maximum absolute atomic E-state index is 11.6. The van der Waals surface area contributed by atoms with Crippen molar-refractivity contribution in [2.75, 3.05) is 11.9 Å². The van der Waals surface area contributed by atoms with Gasteiger partial charge in [0.2, 0.25) is 5.91 Å². The molecule has 4 heteroatoms. The van der Waals surface area contributed by atoms with Crippen molar-refractivity contribution in [3.05, 3.63) is 23.8 Å². The van der Waals surface area contributed by atoms with Gasteiger partial charge < -0.3 is 10.1 Å². The Kier molecular flexibility index (Phi) is 5.29. The standard InChI is InChI=1S/C13H18ClNO2/c1-4-8-17-11-7-5-6-9(2)12(11)15-13(16)10(3)14/h5-7,10H,4,8H2,1-3H3,(H,15,16). The lowest BCUT2D eigenvalue weighted by atomic mass is 10.2. The van der Waals surface area contributed by atoms with Crippen molar-refractivity contribution in [2.24, 2.45) is 0 Å². The van der Waals surface area contributed by atoms with Gasteiger partial charge in [-0.25, -0.2) is 0 Å². The first-order valence-corrected chi connectivity index (χ1v) is 6.17. The minimum absolute atomic E-state index is 0.220. The second-order valence-electron chi connectivity index (χ2n) is 3.90. The second-order valence-corrected chi connectivity index (χ2v) is 4.56. The molecule has 0 spiro atoms. The molecule has 0 saturated carbocycles. The summed E-state index contributed by atoms with van der Waals surface area (Å²) < 4.78 is 5.59. The molecular formula is C13H18ClNO2. The highest BCUT2D eigenvalue weighted by atomic mass is 35.5. The molecule has 94 valence electrons. The van der Waals surface area contributed by atoms with Crippen molar-refractivity contribution in [1.82, 2.24) is 0 Å². The molecular weight excluding hydrogens is 238 g/mol. The zero-order valence-electron chi connectivity index (χ0n) is 10.4. The number of carbonyl (C=O) groups is 1. The van der Waals surface area contributed by atoms with Crippen LogP contribution in [-0.2, 0) is 4.79 Å². The summed E-state index contributed by atoms with van der Waals surface area (Å²) in [7, 11) is 0. The van der Waals surface area contributed by atoms with Gasteiger partial charge in [0, 0.05) is 0 Å². The van der Waals surface area contributed by atoms with Gasteiger partial charge in [0.25, 0.3) is 0 Å². The molecule has 1 unspecified atom stereocenters. The first-order valence-electron chi connectivity index (χ1n) is 5.73. The Morgan fingerprint density at radius 2 is 2.24 bits per heavy atom. The van der Waals surface area contributed by atoms with Crippen LogP contribution in [0.1, 0.15) is 25.8 Å². The highest BCUT2D eigenvalue weighted by molar-refractivity contribution is 6.32. The van der Waals surface area contributed by atoms with Gasteiger partial charge in [-0.05, 0) is 31.9 Å². The quantitative estimate of drug-likeness (QED) is 0.820. The van der Waals surface area contributed by atoms with E-state index in [4.69, 9.17) is 16.3 Å². The van der Waals surface area contributed by atoms with Gasteiger partial charge in [-0.15, -0.1) is 11.6 Å². The van der Waals surface area contributed by atoms with Crippen LogP contribution in [0, 0.1) is 6.92 Å². The van der Waals surface area contributed by atoms with Crippen LogP contribution < -0.4 is 10.1 Å². The van der Waals surface area contributed by atoms with Gasteiger partial charge in [0.15, 0.2) is 0 Å². The van der Waals surface area contributed by atoms with Gasteiger partial charge in [-0.3, -0.25) is 4.79 Å². The summed E-state index contributed by atoms with van der Waals surface area (Å²) in [4.78, 5) is 11.6. The smallest absolute Gasteiger partial charge is 0.242 e. The molecule has 0 radical (unpaired) electrons. The number of halogens is 1. The summed E-state index contributed by atoms with van der Waals surface area (Å²) in [6, 6.07) is 5.67. The SMILES string of the molecule is CCCOc1cccc(C)c1NC(=O)C(C)Cl. The number of nitrogens with one attached hydrogen (secondary N) is 1. The Labute approximate surface area is 107 Å². The summed E-state index contributed by atoms with van der Waals surface area (Å²) in [5.74, 6) is 0.472. The Morgan fingerprint density at radius 1 is 1.53 bits per heavy atom. The molecule has 3 nitrogen and oxygen atoms in total. The fourth-order valence-corrected chi connectivity index (χ4v) is 1.41. The van der Waals surface area contributed by atoms with E-state index in [1.54, 1.807) is 6.92 Å². The lowest BCUT2D eigenvalue weighted by molar-refractivity contribution is -0.115. The zero-order valence-corrected chi connectivity index (χ0v) is 11.2. The molecule has 17 heavy (non-hydrogen) atoms. The Bertz CT molecular complexity index is 391. The molecule has 0 fully saturated rings. The van der Waals surface area contributed by atoms with Crippen LogP contribution in [0.4, 0.5) is 5.69 Å². The topological polar surface area (TPSA) is 38.3 Å². The number of ether oxygens (including phenoxy) is 1. The minimum Gasteiger partial charge on any atom is -0.491 e. The first-order chi connectivity index (χ1) is 8.06. The molecule has 0 heterocycles. The molecule has 1 aromatic rings. The second kappa shape index (κ2) is 6.50. The third kappa shape index (κ3) is 3.93. The van der Waals surface area contributed by atoms with Crippen LogP contribution in [0.2, 0.25) is 0 Å². The van der Waals surface area contributed by atoms with Crippen molar-refractivity contribution in [2.45, 2.75) is 32.6 Å². The number of anilines is 1. The number of benzene rings is 1. The van der Waals surface area contributed by atoms with Gasteiger partial charge in [-0.1, -0.05) is 19.1 Å². The third-order valence-corrected chi connectivity index (χ3v) is 2.50. The fourth-order valence-electron chi connectivity index (χ4n) is 1.36. The summed E-state index contributed by atoms with van der Waals surface area (Å²) in [6.07, 6.45) is 0.924. The Morgan fingerprint density at radius 3 is 2.82 bits per heavy atom. The first kappa shape index (κ1) is 13.8. The summed E-state index contributed by atoms with van der Waals surface area (Å²) >= 11 is 5.73. The number of hydrogen-bond donors (Lipinski definition) is 1. The average Bonchev–Trinajstić information content (AvgIpc) is 2.29. The van der Waals surface area contributed by atoms with Crippen LogP contribution in [-0.4, -0.2) is 17.9 Å². The van der Waals surface area contributed by atoms with E-state index in [2.05, 4.69) is 5.32 Å². The van der Waals surface area contributed by atoms with E-state index >= 15 is 0 Å². The molecule has 1 aromatic carbocycles. The largest absolute Gasteiger partial charge is 0.491 e. The number of alkyl halides is 1. The number of carbonyl (C=O) groups excluding carboxylic acids is 1. The summed E-state index contributed by atoms with van der Waals surface area (Å²) in [5.41, 5.74) is 1.67. The van der Waals surface area contributed by atoms with E-state index in [1.165, 1.54) is 0 Å². The van der Waals surface area contributed by atoms with Crippen molar-refractivity contribution in [1.29, 1.82) is 0 Å². The number of amides is 1. The third-order valence-electron chi connectivity index (χ3n) is 2.31. The van der Waals surface area contributed by atoms with Crippen LogP contribution >= 0.6 is 11.6 Å². The van der Waals surface area contributed by atoms with Gasteiger partial charge >= 0.3 is 0 Å². The molecule has 0 aliphatic heterocycles. The predicted molar refractivity (Wildman–Crippen MR) is 70.9 cm³/mol. The van der Waals surface area contributed by atoms with Crippen LogP contribution in [0.3, 0.4) is 0 Å². The predicted octanol–water partition coefficient (Wildman–Crippen LogP) is 3.35. The molecule has 0 bridgehead atoms. The monoisotopic (exact) mass is 255 g/mol. The number of para-hydroxylation sites is 1. The van der Waals surface area contributed by atoms with Crippen molar-refractivity contribution < 1.29 is 9.53 Å². The number of hydrogen-bond acceptors (Lipinski definition) is 2. The summed E-state index contributed by atoms with van der Waals surface area (Å²) in [6.45, 7) is 6.23. The van der Waals surface area contributed by atoms with Crippen LogP contribution in [0.15, 0.2) is 18.2 Å². The van der Waals surface area contributed by atoms with Crippen molar-refractivity contribution in [3.8, 4) is 5.75 Å². The molecule has 1 N–H and O–H groups in total. The molecule has 0 aliphatic carbocycles. The van der Waals surface area contributed by atoms with Crippen LogP contribution in [0.5, 0.6) is 5.75 Å². The minimum atomic E-state index is -0.561. The summed E-state index contributed by atoms with van der Waals surface area (Å²) in [5, 5.41) is 2.23. The van der Waals surface area contributed by atoms with E-state index in [1.807, 2.05) is 32.0 Å². The highest BCUT2D eigenvalue weighted by Crippen LogP contribution is 2.28. The highest BCUT2D eigenvalue weighted by Gasteiger charge is 2.14. The number of aryl methyl sites for hydroxylation is 1. The zero-order chi connectivity index (χ0) is 12.8. The molecule has 1 amide bonds. The van der Waals surface area contributed by atoms with Gasteiger partial charge in [-0.2, -0.15) is 0 Å². The molecule has 0 aliphatic rings. The number of rotatable bonds is 5. The maximum atomic E-state index is 11.6. The molecule has 0 saturated heterocycles. The fraction of sp³-hybridized carbons (Fsp3) is 0.462. The normalized spacial score (nSPS) is 12.0. The van der Waals surface area contributed by atoms with Crippen molar-refractivity contribution >= 4 is 23.2 Å². The van der Waals surface area contributed by atoms with Gasteiger partial charge in [0.1, 0.15) is 11.1 Å². The van der Waals surface area contributed by atoms with E-state index in [0.29, 0.717) is 18.0 Å². The Hall–Kier alpha value is -1.22. The molecule has 0 aromatic heterocycles. The van der Waals surface area contributed by atoms with E-state index in [0.717, 1.165) is 12.0 Å². The lowest BCUT2D eigenvalue weighted by Gasteiger charge is -2.15. The maximum Gasteiger partial charge on any atom is 0.242 e. The molecule has 1 rings (SSSR count). The van der Waals surface area contributed by atoms with E-state index in [-0.39, 0.29) is 5.91 Å². The van der Waals surface area contributed by atoms with Crippen molar-refractivity contribution in [3.63, 3.8) is 0 Å². The Balaban J connectivity index is 2.91. The van der Waals surface area contributed by atoms with E-state index < -0.39 is 5.38 Å². The average molecular weight is 256 g/mol. The molecule has 1 atom stereocenters. The van der Waals surface area contributed by atoms with Gasteiger partial charge in [0.05, 0.1) is 12.3 Å².